The van der Waals surface area contributed by atoms with E-state index in [1.165, 1.54) is 0 Å². The van der Waals surface area contributed by atoms with Crippen LogP contribution in [0.2, 0.25) is 0 Å². The van der Waals surface area contributed by atoms with Crippen molar-refractivity contribution in [1.82, 2.24) is 15.3 Å². The molecule has 0 aliphatic heterocycles. The minimum absolute atomic E-state index is 0.228. The van der Waals surface area contributed by atoms with E-state index >= 15 is 0 Å². The zero-order chi connectivity index (χ0) is 20.6. The van der Waals surface area contributed by atoms with E-state index in [1.54, 1.807) is 30.6 Å². The number of nitrogens with one attached hydrogen (secondary N) is 3. The molecular weight excluding hydrogens is 370 g/mol. The van der Waals surface area contributed by atoms with Gasteiger partial charge in [-0.2, -0.15) is 0 Å². The van der Waals surface area contributed by atoms with Gasteiger partial charge in [-0.15, -0.1) is 0 Å². The lowest BCUT2D eigenvalue weighted by molar-refractivity contribution is -0.118. The van der Waals surface area contributed by atoms with Gasteiger partial charge in [-0.25, -0.2) is 0 Å². The van der Waals surface area contributed by atoms with Gasteiger partial charge in [0, 0.05) is 44.2 Å². The molecule has 0 aliphatic rings. The highest BCUT2D eigenvalue weighted by atomic mass is 16.5. The van der Waals surface area contributed by atoms with E-state index in [4.69, 9.17) is 10.5 Å². The van der Waals surface area contributed by atoms with Crippen LogP contribution in [-0.4, -0.2) is 35.4 Å². The predicted molar refractivity (Wildman–Crippen MR) is 111 cm³/mol. The van der Waals surface area contributed by atoms with Crippen LogP contribution in [0.3, 0.4) is 0 Å². The number of primary amides is 1. The molecular formula is C21H23N5O3. The van der Waals surface area contributed by atoms with Gasteiger partial charge in [0.2, 0.25) is 5.91 Å². The molecule has 0 unspecified atom stereocenters. The van der Waals surface area contributed by atoms with Crippen molar-refractivity contribution >= 4 is 17.5 Å². The fourth-order valence-electron chi connectivity index (χ4n) is 2.69. The predicted octanol–water partition coefficient (Wildman–Crippen LogP) is 2.91. The van der Waals surface area contributed by atoms with Gasteiger partial charge in [-0.1, -0.05) is 0 Å². The fourth-order valence-corrected chi connectivity index (χ4v) is 2.69. The number of aromatic nitrogens is 2. The highest BCUT2D eigenvalue weighted by Crippen LogP contribution is 2.26. The summed E-state index contributed by atoms with van der Waals surface area (Å²) in [7, 11) is 1.86. The topological polar surface area (TPSA) is 122 Å². The SMILES string of the molecule is CNc1ccc(Oc2ccnc(-c3cc(C(=O)NCCCC(N)=O)c[nH]3)c2)cc1. The lowest BCUT2D eigenvalue weighted by atomic mass is 10.2. The van der Waals surface area contributed by atoms with Gasteiger partial charge in [0.25, 0.3) is 5.91 Å². The number of nitrogens with zero attached hydrogens (tertiary/aromatic N) is 1. The first-order valence-electron chi connectivity index (χ1n) is 9.22. The molecule has 2 heterocycles. The van der Waals surface area contributed by atoms with Crippen LogP contribution in [0.1, 0.15) is 23.2 Å². The number of rotatable bonds is 9. The van der Waals surface area contributed by atoms with Crippen LogP contribution >= 0.6 is 0 Å². The second-order valence-electron chi connectivity index (χ2n) is 6.38. The normalized spacial score (nSPS) is 10.4. The number of hydrogen-bond donors (Lipinski definition) is 4. The Hall–Kier alpha value is -3.81. The molecule has 150 valence electrons. The van der Waals surface area contributed by atoms with E-state index in [9.17, 15) is 9.59 Å². The number of pyridine rings is 1. The van der Waals surface area contributed by atoms with Gasteiger partial charge in [0.15, 0.2) is 0 Å². The molecule has 0 spiro atoms. The lowest BCUT2D eigenvalue weighted by Crippen LogP contribution is -2.25. The number of H-pyrrole nitrogens is 1. The fraction of sp³-hybridized carbons (Fsp3) is 0.190. The maximum Gasteiger partial charge on any atom is 0.252 e. The number of nitrogens with two attached hydrogens (primary N) is 1. The molecule has 29 heavy (non-hydrogen) atoms. The van der Waals surface area contributed by atoms with E-state index in [-0.39, 0.29) is 18.2 Å². The van der Waals surface area contributed by atoms with E-state index in [2.05, 4.69) is 20.6 Å². The van der Waals surface area contributed by atoms with Crippen LogP contribution in [0.25, 0.3) is 11.4 Å². The number of ether oxygens (including phenoxy) is 1. The lowest BCUT2D eigenvalue weighted by Gasteiger charge is -2.07. The van der Waals surface area contributed by atoms with Crippen molar-refractivity contribution in [3.63, 3.8) is 0 Å². The van der Waals surface area contributed by atoms with Crippen molar-refractivity contribution in [3.8, 4) is 22.9 Å². The van der Waals surface area contributed by atoms with Crippen molar-refractivity contribution < 1.29 is 14.3 Å². The molecule has 3 rings (SSSR count). The van der Waals surface area contributed by atoms with Crippen LogP contribution in [0.5, 0.6) is 11.5 Å². The highest BCUT2D eigenvalue weighted by Gasteiger charge is 2.11. The summed E-state index contributed by atoms with van der Waals surface area (Å²) in [5.41, 5.74) is 7.92. The van der Waals surface area contributed by atoms with Gasteiger partial charge < -0.3 is 26.1 Å². The van der Waals surface area contributed by atoms with Gasteiger partial charge in [0.05, 0.1) is 17.0 Å². The molecule has 0 bridgehead atoms. The second-order valence-corrected chi connectivity index (χ2v) is 6.38. The summed E-state index contributed by atoms with van der Waals surface area (Å²) in [6, 6.07) is 12.9. The third-order valence-electron chi connectivity index (χ3n) is 4.22. The number of carbonyl (C=O) groups is 2. The van der Waals surface area contributed by atoms with E-state index in [0.717, 1.165) is 5.69 Å². The molecule has 0 fully saturated rings. The molecule has 8 nitrogen and oxygen atoms in total. The smallest absolute Gasteiger partial charge is 0.252 e. The van der Waals surface area contributed by atoms with Crippen molar-refractivity contribution in [2.24, 2.45) is 5.73 Å². The Bertz CT molecular complexity index is 982. The van der Waals surface area contributed by atoms with Gasteiger partial charge in [0.1, 0.15) is 11.5 Å². The molecule has 8 heteroatoms. The van der Waals surface area contributed by atoms with Crippen LogP contribution in [0.4, 0.5) is 5.69 Å². The first kappa shape index (κ1) is 19.9. The number of anilines is 1. The molecule has 2 amide bonds. The van der Waals surface area contributed by atoms with Crippen LogP contribution in [-0.2, 0) is 4.79 Å². The monoisotopic (exact) mass is 393 g/mol. The summed E-state index contributed by atoms with van der Waals surface area (Å²) in [6.07, 6.45) is 4.02. The Balaban J connectivity index is 1.64. The van der Waals surface area contributed by atoms with Gasteiger partial charge in [-0.05, 0) is 42.8 Å². The van der Waals surface area contributed by atoms with E-state index in [1.807, 2.05) is 31.3 Å². The average molecular weight is 393 g/mol. The van der Waals surface area contributed by atoms with E-state index in [0.29, 0.717) is 41.4 Å². The molecule has 5 N–H and O–H groups in total. The summed E-state index contributed by atoms with van der Waals surface area (Å²) < 4.78 is 5.88. The van der Waals surface area contributed by atoms with Crippen molar-refractivity contribution in [2.75, 3.05) is 18.9 Å². The molecule has 0 atom stereocenters. The quantitative estimate of drug-likeness (QED) is 0.416. The second kappa shape index (κ2) is 9.41. The van der Waals surface area contributed by atoms with Crippen LogP contribution in [0.15, 0.2) is 54.9 Å². The highest BCUT2D eigenvalue weighted by molar-refractivity contribution is 5.95. The number of hydrogen-bond acceptors (Lipinski definition) is 5. The molecule has 1 aromatic carbocycles. The molecule has 0 saturated carbocycles. The minimum atomic E-state index is -0.380. The third kappa shape index (κ3) is 5.58. The summed E-state index contributed by atoms with van der Waals surface area (Å²) in [4.78, 5) is 30.3. The largest absolute Gasteiger partial charge is 0.457 e. The number of amides is 2. The standard InChI is InChI=1S/C21H23N5O3/c1-23-15-4-6-16(7-5-15)29-17-8-10-24-19(12-17)18-11-14(13-26-18)21(28)25-9-2-3-20(22)27/h4-8,10-13,23,26H,2-3,9H2,1H3,(H2,22,27)(H,25,28). The summed E-state index contributed by atoms with van der Waals surface area (Å²) in [6.45, 7) is 0.385. The van der Waals surface area contributed by atoms with Crippen molar-refractivity contribution in [2.45, 2.75) is 12.8 Å². The Morgan fingerprint density at radius 1 is 1.14 bits per heavy atom. The Morgan fingerprint density at radius 2 is 1.93 bits per heavy atom. The first-order chi connectivity index (χ1) is 14.0. The molecule has 2 aromatic heterocycles. The maximum absolute atomic E-state index is 12.2. The Labute approximate surface area is 168 Å². The summed E-state index contributed by atoms with van der Waals surface area (Å²) >= 11 is 0. The summed E-state index contributed by atoms with van der Waals surface area (Å²) in [5, 5.41) is 5.81. The number of benzene rings is 1. The minimum Gasteiger partial charge on any atom is -0.457 e. The molecule has 0 radical (unpaired) electrons. The molecule has 0 saturated heterocycles. The number of aromatic amines is 1. The number of carbonyl (C=O) groups excluding carboxylic acids is 2. The van der Waals surface area contributed by atoms with Crippen LogP contribution in [0, 0.1) is 0 Å². The van der Waals surface area contributed by atoms with Crippen LogP contribution < -0.4 is 21.1 Å². The average Bonchev–Trinajstić information content (AvgIpc) is 3.22. The summed E-state index contributed by atoms with van der Waals surface area (Å²) in [5.74, 6) is 0.742. The Morgan fingerprint density at radius 3 is 2.66 bits per heavy atom. The first-order valence-corrected chi connectivity index (χ1v) is 9.22. The van der Waals surface area contributed by atoms with Gasteiger partial charge in [-0.3, -0.25) is 14.6 Å². The zero-order valence-corrected chi connectivity index (χ0v) is 16.1. The Kier molecular flexibility index (Phi) is 6.47. The zero-order valence-electron chi connectivity index (χ0n) is 16.1. The molecule has 0 aliphatic carbocycles. The maximum atomic E-state index is 12.2. The molecule has 3 aromatic rings. The van der Waals surface area contributed by atoms with Crippen molar-refractivity contribution in [3.05, 3.63) is 60.4 Å². The van der Waals surface area contributed by atoms with Gasteiger partial charge >= 0.3 is 0 Å². The van der Waals surface area contributed by atoms with Crippen molar-refractivity contribution in [1.29, 1.82) is 0 Å². The third-order valence-corrected chi connectivity index (χ3v) is 4.22. The van der Waals surface area contributed by atoms with E-state index < -0.39 is 0 Å².